The van der Waals surface area contributed by atoms with Crippen molar-refractivity contribution in [2.45, 2.75) is 46.1 Å². The zero-order chi connectivity index (χ0) is 12.7. The SMILES string of the molecule is CCCC(OCC)c1nc(C)cc(CCN)n1. The van der Waals surface area contributed by atoms with E-state index >= 15 is 0 Å². The monoisotopic (exact) mass is 237 g/mol. The Balaban J connectivity index is 2.92. The summed E-state index contributed by atoms with van der Waals surface area (Å²) in [7, 11) is 0. The molecule has 0 aliphatic rings. The normalized spacial score (nSPS) is 12.7. The van der Waals surface area contributed by atoms with Gasteiger partial charge in [0.15, 0.2) is 5.82 Å². The van der Waals surface area contributed by atoms with Gasteiger partial charge < -0.3 is 10.5 Å². The standard InChI is InChI=1S/C13H23N3O/c1-4-6-12(17-5-2)13-15-10(3)9-11(16-13)7-8-14/h9,12H,4-8,14H2,1-3H3. The predicted molar refractivity (Wildman–Crippen MR) is 68.8 cm³/mol. The Hall–Kier alpha value is -1.00. The number of nitrogens with zero attached hydrogens (tertiary/aromatic N) is 2. The first-order chi connectivity index (χ1) is 8.21. The molecule has 0 aromatic carbocycles. The Morgan fingerprint density at radius 3 is 2.71 bits per heavy atom. The average Bonchev–Trinajstić information content (AvgIpc) is 2.28. The number of rotatable bonds is 7. The van der Waals surface area contributed by atoms with Crippen molar-refractivity contribution in [2.75, 3.05) is 13.2 Å². The van der Waals surface area contributed by atoms with Crippen molar-refractivity contribution in [3.63, 3.8) is 0 Å². The Labute approximate surface area is 104 Å². The third-order valence-electron chi connectivity index (χ3n) is 2.53. The summed E-state index contributed by atoms with van der Waals surface area (Å²) < 4.78 is 5.70. The molecular formula is C13H23N3O. The Bertz CT molecular complexity index is 335. The second-order valence-corrected chi connectivity index (χ2v) is 4.13. The molecule has 4 heteroatoms. The van der Waals surface area contributed by atoms with Crippen LogP contribution in [0.15, 0.2) is 6.07 Å². The van der Waals surface area contributed by atoms with Crippen molar-refractivity contribution in [2.24, 2.45) is 5.73 Å². The van der Waals surface area contributed by atoms with E-state index in [1.807, 2.05) is 19.9 Å². The quantitative estimate of drug-likeness (QED) is 0.789. The van der Waals surface area contributed by atoms with E-state index in [2.05, 4.69) is 16.9 Å². The Kier molecular flexibility index (Phi) is 6.08. The number of aryl methyl sites for hydroxylation is 1. The summed E-state index contributed by atoms with van der Waals surface area (Å²) in [6, 6.07) is 1.99. The Morgan fingerprint density at radius 2 is 2.12 bits per heavy atom. The fraction of sp³-hybridized carbons (Fsp3) is 0.692. The zero-order valence-electron chi connectivity index (χ0n) is 11.1. The smallest absolute Gasteiger partial charge is 0.157 e. The summed E-state index contributed by atoms with van der Waals surface area (Å²) in [5.41, 5.74) is 7.56. The van der Waals surface area contributed by atoms with Crippen molar-refractivity contribution in [1.29, 1.82) is 0 Å². The fourth-order valence-electron chi connectivity index (χ4n) is 1.83. The molecule has 0 bridgehead atoms. The molecule has 0 amide bonds. The van der Waals surface area contributed by atoms with Crippen molar-refractivity contribution in [1.82, 2.24) is 9.97 Å². The second-order valence-electron chi connectivity index (χ2n) is 4.13. The van der Waals surface area contributed by atoms with Crippen LogP contribution in [0, 0.1) is 6.92 Å². The van der Waals surface area contributed by atoms with Crippen LogP contribution in [0.2, 0.25) is 0 Å². The zero-order valence-corrected chi connectivity index (χ0v) is 11.1. The van der Waals surface area contributed by atoms with E-state index in [9.17, 15) is 0 Å². The number of ether oxygens (including phenoxy) is 1. The van der Waals surface area contributed by atoms with Gasteiger partial charge in [-0.2, -0.15) is 0 Å². The molecule has 0 saturated carbocycles. The molecule has 1 aromatic heterocycles. The van der Waals surface area contributed by atoms with Gasteiger partial charge in [0.25, 0.3) is 0 Å². The van der Waals surface area contributed by atoms with Gasteiger partial charge in [0.2, 0.25) is 0 Å². The highest BCUT2D eigenvalue weighted by Crippen LogP contribution is 2.20. The summed E-state index contributed by atoms with van der Waals surface area (Å²) in [5, 5.41) is 0. The molecule has 96 valence electrons. The van der Waals surface area contributed by atoms with E-state index in [1.165, 1.54) is 0 Å². The van der Waals surface area contributed by atoms with Crippen molar-refractivity contribution in [3.8, 4) is 0 Å². The number of hydrogen-bond donors (Lipinski definition) is 1. The number of aromatic nitrogens is 2. The first-order valence-electron chi connectivity index (χ1n) is 6.37. The third-order valence-corrected chi connectivity index (χ3v) is 2.53. The van der Waals surface area contributed by atoms with Crippen LogP contribution in [0.1, 0.15) is 50.0 Å². The summed E-state index contributed by atoms with van der Waals surface area (Å²) >= 11 is 0. The third kappa shape index (κ3) is 4.40. The molecule has 1 atom stereocenters. The van der Waals surface area contributed by atoms with Crippen LogP contribution in [0.5, 0.6) is 0 Å². The minimum atomic E-state index is 0.0152. The van der Waals surface area contributed by atoms with E-state index in [4.69, 9.17) is 10.5 Å². The maximum atomic E-state index is 5.70. The van der Waals surface area contributed by atoms with Crippen LogP contribution < -0.4 is 5.73 Å². The van der Waals surface area contributed by atoms with Gasteiger partial charge in [-0.3, -0.25) is 0 Å². The van der Waals surface area contributed by atoms with Gasteiger partial charge in [-0.15, -0.1) is 0 Å². The maximum Gasteiger partial charge on any atom is 0.157 e. The van der Waals surface area contributed by atoms with E-state index in [0.717, 1.165) is 36.5 Å². The highest BCUT2D eigenvalue weighted by molar-refractivity contribution is 5.11. The molecule has 0 saturated heterocycles. The minimum Gasteiger partial charge on any atom is -0.371 e. The molecule has 0 fully saturated rings. The molecule has 0 aliphatic heterocycles. The van der Waals surface area contributed by atoms with Gasteiger partial charge in [0.1, 0.15) is 6.10 Å². The van der Waals surface area contributed by atoms with Gasteiger partial charge in [-0.25, -0.2) is 9.97 Å². The molecule has 17 heavy (non-hydrogen) atoms. The average molecular weight is 237 g/mol. The molecule has 1 heterocycles. The number of hydrogen-bond acceptors (Lipinski definition) is 4. The van der Waals surface area contributed by atoms with Crippen molar-refractivity contribution < 1.29 is 4.74 Å². The molecule has 0 spiro atoms. The van der Waals surface area contributed by atoms with Crippen LogP contribution in [0.4, 0.5) is 0 Å². The molecule has 1 aromatic rings. The largest absolute Gasteiger partial charge is 0.371 e. The van der Waals surface area contributed by atoms with E-state index in [0.29, 0.717) is 13.2 Å². The molecule has 0 radical (unpaired) electrons. The molecule has 2 N–H and O–H groups in total. The molecule has 1 unspecified atom stereocenters. The lowest BCUT2D eigenvalue weighted by Gasteiger charge is -2.16. The molecular weight excluding hydrogens is 214 g/mol. The van der Waals surface area contributed by atoms with Crippen LogP contribution in [-0.4, -0.2) is 23.1 Å². The van der Waals surface area contributed by atoms with E-state index in [1.54, 1.807) is 0 Å². The molecule has 4 nitrogen and oxygen atoms in total. The first-order valence-corrected chi connectivity index (χ1v) is 6.37. The van der Waals surface area contributed by atoms with Gasteiger partial charge in [0, 0.05) is 24.4 Å². The fourth-order valence-corrected chi connectivity index (χ4v) is 1.83. The van der Waals surface area contributed by atoms with Gasteiger partial charge >= 0.3 is 0 Å². The predicted octanol–water partition coefficient (Wildman–Crippen LogP) is 2.16. The second kappa shape index (κ2) is 7.35. The lowest BCUT2D eigenvalue weighted by molar-refractivity contribution is 0.0491. The summed E-state index contributed by atoms with van der Waals surface area (Å²) in [6.07, 6.45) is 2.83. The lowest BCUT2D eigenvalue weighted by atomic mass is 10.1. The summed E-state index contributed by atoms with van der Waals surface area (Å²) in [4.78, 5) is 9.02. The lowest BCUT2D eigenvalue weighted by Crippen LogP contribution is -2.13. The summed E-state index contributed by atoms with van der Waals surface area (Å²) in [6.45, 7) is 7.43. The minimum absolute atomic E-state index is 0.0152. The first kappa shape index (κ1) is 14.1. The van der Waals surface area contributed by atoms with E-state index < -0.39 is 0 Å². The van der Waals surface area contributed by atoms with Gasteiger partial charge in [-0.05, 0) is 32.9 Å². The summed E-state index contributed by atoms with van der Waals surface area (Å²) in [5.74, 6) is 0.803. The van der Waals surface area contributed by atoms with E-state index in [-0.39, 0.29) is 6.10 Å². The highest BCUT2D eigenvalue weighted by Gasteiger charge is 2.14. The van der Waals surface area contributed by atoms with Crippen molar-refractivity contribution in [3.05, 3.63) is 23.3 Å². The van der Waals surface area contributed by atoms with Gasteiger partial charge in [-0.1, -0.05) is 13.3 Å². The Morgan fingerprint density at radius 1 is 1.35 bits per heavy atom. The maximum absolute atomic E-state index is 5.70. The number of nitrogens with two attached hydrogens (primary N) is 1. The van der Waals surface area contributed by atoms with Crippen LogP contribution in [0.3, 0.4) is 0 Å². The van der Waals surface area contributed by atoms with Crippen LogP contribution in [-0.2, 0) is 11.2 Å². The van der Waals surface area contributed by atoms with Crippen LogP contribution in [0.25, 0.3) is 0 Å². The highest BCUT2D eigenvalue weighted by atomic mass is 16.5. The van der Waals surface area contributed by atoms with Crippen LogP contribution >= 0.6 is 0 Å². The molecule has 0 aliphatic carbocycles. The molecule has 1 rings (SSSR count). The van der Waals surface area contributed by atoms with Gasteiger partial charge in [0.05, 0.1) is 0 Å². The van der Waals surface area contributed by atoms with Crippen molar-refractivity contribution >= 4 is 0 Å². The topological polar surface area (TPSA) is 61.0 Å².